The number of aromatic nitrogens is 1. The molecule has 3 atom stereocenters. The van der Waals surface area contributed by atoms with Crippen molar-refractivity contribution in [2.45, 2.75) is 29.3 Å². The number of halogens is 3. The van der Waals surface area contributed by atoms with Crippen LogP contribution in [0, 0.1) is 5.92 Å². The van der Waals surface area contributed by atoms with Crippen LogP contribution >= 0.6 is 23.1 Å². The van der Waals surface area contributed by atoms with E-state index in [-0.39, 0.29) is 22.8 Å². The average Bonchev–Trinajstić information content (AvgIpc) is 3.54. The van der Waals surface area contributed by atoms with Crippen molar-refractivity contribution in [2.75, 3.05) is 23.4 Å². The van der Waals surface area contributed by atoms with Crippen LogP contribution in [0.1, 0.15) is 39.2 Å². The fraction of sp³-hybridized carbons (Fsp3) is 0.219. The molecule has 2 N–H and O–H groups in total. The van der Waals surface area contributed by atoms with Gasteiger partial charge >= 0.3 is 17.0 Å². The SMILES string of the molecule is CCOC(=O)c1ccc(N2C(=O)C3Sc4[nH]c(=O)sc4[C@H](c4ccc(OCC(=O)Nc5ccccc5C(F)(F)F)cc4)C3C2=O)cc1. The van der Waals surface area contributed by atoms with Crippen LogP contribution < -0.4 is 19.8 Å². The second-order valence-corrected chi connectivity index (χ2v) is 12.6. The Kier molecular flexibility index (Phi) is 8.68. The van der Waals surface area contributed by atoms with Gasteiger partial charge < -0.3 is 19.8 Å². The van der Waals surface area contributed by atoms with Crippen LogP contribution in [0.15, 0.2) is 82.6 Å². The molecule has 15 heteroatoms. The van der Waals surface area contributed by atoms with Gasteiger partial charge in [-0.25, -0.2) is 9.69 Å². The van der Waals surface area contributed by atoms with Crippen LogP contribution in [-0.4, -0.2) is 47.1 Å². The number of alkyl halides is 3. The average molecular weight is 684 g/mol. The number of thiazole rings is 1. The fourth-order valence-corrected chi connectivity index (χ4v) is 8.05. The highest BCUT2D eigenvalue weighted by molar-refractivity contribution is 8.00. The minimum atomic E-state index is -4.65. The first kappa shape index (κ1) is 32.1. The molecular weight excluding hydrogens is 659 g/mol. The molecule has 0 aliphatic carbocycles. The van der Waals surface area contributed by atoms with E-state index in [1.165, 1.54) is 48.5 Å². The van der Waals surface area contributed by atoms with E-state index in [0.717, 1.165) is 40.1 Å². The van der Waals surface area contributed by atoms with Gasteiger partial charge in [-0.05, 0) is 61.0 Å². The van der Waals surface area contributed by atoms with Crippen molar-refractivity contribution in [2.24, 2.45) is 5.92 Å². The summed E-state index contributed by atoms with van der Waals surface area (Å²) in [4.78, 5) is 68.5. The molecule has 0 bridgehead atoms. The van der Waals surface area contributed by atoms with Gasteiger partial charge in [-0.2, -0.15) is 13.2 Å². The highest BCUT2D eigenvalue weighted by Gasteiger charge is 2.56. The predicted octanol–water partition coefficient (Wildman–Crippen LogP) is 5.45. The van der Waals surface area contributed by atoms with E-state index in [9.17, 15) is 37.1 Å². The number of ether oxygens (including phenoxy) is 2. The number of carbonyl (C=O) groups is 4. The summed E-state index contributed by atoms with van der Waals surface area (Å²) >= 11 is 2.06. The third-order valence-electron chi connectivity index (χ3n) is 7.58. The lowest BCUT2D eigenvalue weighted by molar-refractivity contribution is -0.137. The van der Waals surface area contributed by atoms with Crippen LogP contribution in [0.4, 0.5) is 24.5 Å². The highest BCUT2D eigenvalue weighted by Crippen LogP contribution is 2.53. The number of nitrogens with zero attached hydrogens (tertiary/aromatic N) is 1. The van der Waals surface area contributed by atoms with Crippen molar-refractivity contribution < 1.29 is 41.8 Å². The summed E-state index contributed by atoms with van der Waals surface area (Å²) in [7, 11) is 0. The van der Waals surface area contributed by atoms with Gasteiger partial charge in [-0.15, -0.1) is 0 Å². The first-order chi connectivity index (χ1) is 22.5. The van der Waals surface area contributed by atoms with Crippen LogP contribution in [0.5, 0.6) is 5.75 Å². The predicted molar refractivity (Wildman–Crippen MR) is 167 cm³/mol. The van der Waals surface area contributed by atoms with Crippen molar-refractivity contribution in [1.82, 2.24) is 4.98 Å². The lowest BCUT2D eigenvalue weighted by Crippen LogP contribution is -2.32. The topological polar surface area (TPSA) is 135 Å². The summed E-state index contributed by atoms with van der Waals surface area (Å²) in [6, 6.07) is 16.9. The summed E-state index contributed by atoms with van der Waals surface area (Å²) in [6.45, 7) is 1.30. The quantitative estimate of drug-likeness (QED) is 0.185. The van der Waals surface area contributed by atoms with E-state index < -0.39 is 64.8 Å². The molecular formula is C32H24F3N3O7S2. The number of H-pyrrole nitrogens is 1. The maximum Gasteiger partial charge on any atom is 0.418 e. The molecule has 0 spiro atoms. The highest BCUT2D eigenvalue weighted by atomic mass is 32.2. The second kappa shape index (κ2) is 12.7. The number of carbonyl (C=O) groups excluding carboxylic acids is 4. The Hall–Kier alpha value is -4.89. The van der Waals surface area contributed by atoms with Gasteiger partial charge in [0, 0.05) is 10.8 Å². The molecule has 242 valence electrons. The van der Waals surface area contributed by atoms with Gasteiger partial charge in [0.15, 0.2) is 6.61 Å². The maximum atomic E-state index is 13.9. The molecule has 3 aromatic carbocycles. The smallest absolute Gasteiger partial charge is 0.418 e. The summed E-state index contributed by atoms with van der Waals surface area (Å²) < 4.78 is 50.3. The molecule has 1 saturated heterocycles. The Labute approximate surface area is 272 Å². The number of benzene rings is 3. The summed E-state index contributed by atoms with van der Waals surface area (Å²) in [5.41, 5.74) is -0.216. The second-order valence-electron chi connectivity index (χ2n) is 10.5. The molecule has 0 radical (unpaired) electrons. The largest absolute Gasteiger partial charge is 0.484 e. The van der Waals surface area contributed by atoms with Crippen LogP contribution in [0.2, 0.25) is 0 Å². The molecule has 47 heavy (non-hydrogen) atoms. The van der Waals surface area contributed by atoms with Crippen molar-refractivity contribution in [3.63, 3.8) is 0 Å². The number of amides is 3. The van der Waals surface area contributed by atoms with E-state index in [1.807, 2.05) is 0 Å². The third kappa shape index (κ3) is 6.27. The number of nitrogens with one attached hydrogen (secondary N) is 2. The minimum Gasteiger partial charge on any atom is -0.484 e. The summed E-state index contributed by atoms with van der Waals surface area (Å²) in [5, 5.41) is 1.86. The van der Waals surface area contributed by atoms with Crippen molar-refractivity contribution >= 4 is 58.2 Å². The van der Waals surface area contributed by atoms with Crippen LogP contribution in [0.3, 0.4) is 0 Å². The van der Waals surface area contributed by atoms with E-state index in [2.05, 4.69) is 10.3 Å². The lowest BCUT2D eigenvalue weighted by Gasteiger charge is -2.29. The third-order valence-corrected chi connectivity index (χ3v) is 9.98. The van der Waals surface area contributed by atoms with Gasteiger partial charge in [-0.1, -0.05) is 47.4 Å². The minimum absolute atomic E-state index is 0.195. The van der Waals surface area contributed by atoms with E-state index in [0.29, 0.717) is 21.2 Å². The Balaban J connectivity index is 1.21. The number of esters is 1. The van der Waals surface area contributed by atoms with Gasteiger partial charge in [0.1, 0.15) is 11.0 Å². The molecule has 10 nitrogen and oxygen atoms in total. The van der Waals surface area contributed by atoms with Gasteiger partial charge in [0.05, 0.1) is 40.1 Å². The molecule has 1 aromatic heterocycles. The monoisotopic (exact) mass is 683 g/mol. The van der Waals surface area contributed by atoms with Gasteiger partial charge in [0.2, 0.25) is 11.8 Å². The molecule has 2 unspecified atom stereocenters. The number of hydrogen-bond acceptors (Lipinski definition) is 9. The standard InChI is InChI=1S/C32H24F3N3O7S2/c1-2-44-30(42)17-7-11-18(12-8-17)38-28(40)24-23(25-27(37-31(43)47-25)46-26(24)29(38)41)16-9-13-19(14-10-16)45-15-22(39)36-21-6-4-3-5-20(21)32(33,34)35/h3-14,23-24,26H,2,15H2,1H3,(H,36,39)(H,37,43)/t23-,24?,26?/m1/s1. The Morgan fingerprint density at radius 2 is 1.66 bits per heavy atom. The molecule has 6 rings (SSSR count). The molecule has 1 fully saturated rings. The molecule has 2 aliphatic rings. The van der Waals surface area contributed by atoms with Gasteiger partial charge in [0.25, 0.3) is 5.91 Å². The van der Waals surface area contributed by atoms with Crippen molar-refractivity contribution in [1.29, 1.82) is 0 Å². The number of para-hydroxylation sites is 1. The number of fused-ring (bicyclic) bond motifs is 2. The number of thioether (sulfide) groups is 1. The molecule has 3 amide bonds. The van der Waals surface area contributed by atoms with E-state index in [1.54, 1.807) is 19.1 Å². The lowest BCUT2D eigenvalue weighted by atomic mass is 9.83. The van der Waals surface area contributed by atoms with Crippen LogP contribution in [-0.2, 0) is 25.3 Å². The normalized spacial score (nSPS) is 18.8. The van der Waals surface area contributed by atoms with Crippen molar-refractivity contribution in [3.05, 3.63) is 104 Å². The Bertz CT molecular complexity index is 1920. The molecule has 4 aromatic rings. The maximum absolute atomic E-state index is 13.9. The van der Waals surface area contributed by atoms with E-state index >= 15 is 0 Å². The zero-order valence-corrected chi connectivity index (χ0v) is 26.0. The van der Waals surface area contributed by atoms with Crippen molar-refractivity contribution in [3.8, 4) is 5.75 Å². The zero-order valence-electron chi connectivity index (χ0n) is 24.3. The Morgan fingerprint density at radius 3 is 2.34 bits per heavy atom. The molecule has 2 aliphatic heterocycles. The fourth-order valence-electron chi connectivity index (χ4n) is 5.54. The number of anilines is 2. The summed E-state index contributed by atoms with van der Waals surface area (Å²) in [5.74, 6) is -3.56. The number of imide groups is 1. The van der Waals surface area contributed by atoms with Crippen LogP contribution in [0.25, 0.3) is 0 Å². The summed E-state index contributed by atoms with van der Waals surface area (Å²) in [6.07, 6.45) is -4.65. The molecule has 0 saturated carbocycles. The zero-order chi connectivity index (χ0) is 33.5. The number of aromatic amines is 1. The first-order valence-corrected chi connectivity index (χ1v) is 15.9. The Morgan fingerprint density at radius 1 is 0.957 bits per heavy atom. The number of hydrogen-bond donors (Lipinski definition) is 2. The molecule has 3 heterocycles. The first-order valence-electron chi connectivity index (χ1n) is 14.2. The number of rotatable bonds is 8. The van der Waals surface area contributed by atoms with Gasteiger partial charge in [-0.3, -0.25) is 19.2 Å². The van der Waals surface area contributed by atoms with E-state index in [4.69, 9.17) is 9.47 Å².